The van der Waals surface area contributed by atoms with Crippen LogP contribution >= 0.6 is 0 Å². The van der Waals surface area contributed by atoms with E-state index in [-0.39, 0.29) is 18.5 Å². The van der Waals surface area contributed by atoms with Gasteiger partial charge in [-0.2, -0.15) is 13.2 Å². The topological polar surface area (TPSA) is 96.1 Å². The van der Waals surface area contributed by atoms with Gasteiger partial charge in [0.15, 0.2) is 0 Å². The second-order valence-electron chi connectivity index (χ2n) is 6.48. The molecule has 0 aliphatic carbocycles. The number of carbonyl (C=O) groups excluding carboxylic acids is 2. The van der Waals surface area contributed by atoms with Crippen molar-refractivity contribution in [3.8, 4) is 0 Å². The lowest BCUT2D eigenvalue weighted by atomic mass is 10.0. The Hall–Kier alpha value is -3.56. The van der Waals surface area contributed by atoms with Gasteiger partial charge in [-0.05, 0) is 29.8 Å². The van der Waals surface area contributed by atoms with Gasteiger partial charge < -0.3 is 20.4 Å². The Bertz CT molecular complexity index is 1020. The number of alkyl halides is 3. The van der Waals surface area contributed by atoms with Gasteiger partial charge in [-0.25, -0.2) is 4.98 Å². The molecule has 1 amide bonds. The summed E-state index contributed by atoms with van der Waals surface area (Å²) in [5, 5.41) is 5.37. The fourth-order valence-corrected chi connectivity index (χ4v) is 2.87. The average molecular weight is 420 g/mol. The minimum atomic E-state index is -4.52. The van der Waals surface area contributed by atoms with Crippen LogP contribution in [-0.2, 0) is 20.5 Å². The molecule has 3 N–H and O–H groups in total. The Morgan fingerprint density at radius 1 is 1.17 bits per heavy atom. The number of hydrogen-bond donors (Lipinski definition) is 3. The van der Waals surface area contributed by atoms with Gasteiger partial charge in [0.05, 0.1) is 36.2 Å². The number of carbonyl (C=O) groups is 2. The number of aromatic nitrogens is 2. The summed E-state index contributed by atoms with van der Waals surface area (Å²) in [6.45, 7) is -0.338. The number of nitrogens with zero attached hydrogens (tertiary/aromatic N) is 1. The zero-order valence-electron chi connectivity index (χ0n) is 15.9. The molecule has 1 atom stereocenters. The van der Waals surface area contributed by atoms with Crippen LogP contribution in [0.5, 0.6) is 0 Å². The maximum Gasteiger partial charge on any atom is 0.416 e. The molecule has 0 aliphatic rings. The van der Waals surface area contributed by atoms with Crippen molar-refractivity contribution in [3.05, 3.63) is 59.7 Å². The number of halogens is 3. The molecule has 10 heteroatoms. The highest BCUT2D eigenvalue weighted by Crippen LogP contribution is 2.32. The first-order valence-electron chi connectivity index (χ1n) is 8.98. The van der Waals surface area contributed by atoms with E-state index in [1.54, 1.807) is 18.2 Å². The van der Waals surface area contributed by atoms with Crippen molar-refractivity contribution in [2.24, 2.45) is 0 Å². The van der Waals surface area contributed by atoms with Gasteiger partial charge in [0.1, 0.15) is 6.54 Å². The molecule has 3 aromatic rings. The summed E-state index contributed by atoms with van der Waals surface area (Å²) in [5.74, 6) is -0.866. The Morgan fingerprint density at radius 2 is 1.93 bits per heavy atom. The number of hydrogen-bond acceptors (Lipinski definition) is 5. The van der Waals surface area contributed by atoms with Gasteiger partial charge in [-0.1, -0.05) is 24.3 Å². The van der Waals surface area contributed by atoms with Gasteiger partial charge in [0.2, 0.25) is 11.9 Å². The van der Waals surface area contributed by atoms with E-state index in [4.69, 9.17) is 0 Å². The van der Waals surface area contributed by atoms with Crippen LogP contribution in [0.3, 0.4) is 0 Å². The number of imidazole rings is 1. The van der Waals surface area contributed by atoms with Crippen LogP contribution in [0.25, 0.3) is 11.0 Å². The number of methoxy groups -OCH3 is 1. The van der Waals surface area contributed by atoms with E-state index < -0.39 is 29.7 Å². The number of para-hydroxylation sites is 2. The highest BCUT2D eigenvalue weighted by Gasteiger charge is 2.31. The van der Waals surface area contributed by atoms with Crippen molar-refractivity contribution in [1.82, 2.24) is 15.3 Å². The molecule has 158 valence electrons. The molecule has 1 heterocycles. The third-order valence-corrected chi connectivity index (χ3v) is 4.36. The number of esters is 1. The number of H-pyrrole nitrogens is 1. The van der Waals surface area contributed by atoms with Crippen LogP contribution in [0.4, 0.5) is 19.1 Å². The van der Waals surface area contributed by atoms with Crippen molar-refractivity contribution >= 4 is 28.9 Å². The standard InChI is InChI=1S/C20H19F3N4O3/c1-30-18(29)11-24-17(28)10-16(12-5-4-6-13(9-12)20(21,22)23)27-19-25-14-7-2-3-8-15(14)26-19/h2-9,16H,10-11H2,1H3,(H,24,28)(H2,25,26,27). The average Bonchev–Trinajstić information content (AvgIpc) is 3.13. The summed E-state index contributed by atoms with van der Waals surface area (Å²) in [7, 11) is 1.18. The van der Waals surface area contributed by atoms with Gasteiger partial charge >= 0.3 is 12.1 Å². The molecule has 1 aromatic heterocycles. The SMILES string of the molecule is COC(=O)CNC(=O)CC(Nc1nc2ccccc2[nH]1)c1cccc(C(F)(F)F)c1. The number of anilines is 1. The summed E-state index contributed by atoms with van der Waals surface area (Å²) < 4.78 is 43.9. The molecule has 7 nitrogen and oxygen atoms in total. The summed E-state index contributed by atoms with van der Waals surface area (Å²) in [4.78, 5) is 30.9. The smallest absolute Gasteiger partial charge is 0.416 e. The number of amides is 1. The van der Waals surface area contributed by atoms with Crippen molar-refractivity contribution in [1.29, 1.82) is 0 Å². The van der Waals surface area contributed by atoms with Crippen LogP contribution < -0.4 is 10.6 Å². The Labute approximate surface area is 169 Å². The van der Waals surface area contributed by atoms with Gasteiger partial charge in [-0.3, -0.25) is 9.59 Å². The molecule has 0 spiro atoms. The number of benzene rings is 2. The van der Waals surface area contributed by atoms with E-state index in [2.05, 4.69) is 25.3 Å². The summed E-state index contributed by atoms with van der Waals surface area (Å²) in [5.41, 5.74) is 0.820. The van der Waals surface area contributed by atoms with E-state index in [0.717, 1.165) is 17.6 Å². The highest BCUT2D eigenvalue weighted by atomic mass is 19.4. The molecule has 0 bridgehead atoms. The second-order valence-corrected chi connectivity index (χ2v) is 6.48. The van der Waals surface area contributed by atoms with E-state index >= 15 is 0 Å². The number of ether oxygens (including phenoxy) is 1. The van der Waals surface area contributed by atoms with E-state index in [1.165, 1.54) is 19.2 Å². The molecule has 30 heavy (non-hydrogen) atoms. The van der Waals surface area contributed by atoms with E-state index in [1.807, 2.05) is 6.07 Å². The van der Waals surface area contributed by atoms with Crippen LogP contribution in [-0.4, -0.2) is 35.5 Å². The first-order valence-corrected chi connectivity index (χ1v) is 8.98. The molecule has 0 aliphatic heterocycles. The molecule has 3 rings (SSSR count). The zero-order chi connectivity index (χ0) is 21.7. The summed E-state index contributed by atoms with van der Waals surface area (Å²) >= 11 is 0. The normalized spacial score (nSPS) is 12.4. The lowest BCUT2D eigenvalue weighted by Gasteiger charge is -2.19. The number of nitrogens with one attached hydrogen (secondary N) is 3. The molecule has 1 unspecified atom stereocenters. The lowest BCUT2D eigenvalue weighted by Crippen LogP contribution is -2.32. The van der Waals surface area contributed by atoms with Gasteiger partial charge in [0, 0.05) is 0 Å². The van der Waals surface area contributed by atoms with Crippen molar-refractivity contribution in [3.63, 3.8) is 0 Å². The maximum absolute atomic E-state index is 13.1. The second kappa shape index (κ2) is 8.85. The first kappa shape index (κ1) is 21.2. The number of aromatic amines is 1. The summed E-state index contributed by atoms with van der Waals surface area (Å²) in [6.07, 6.45) is -4.75. The molecular formula is C20H19F3N4O3. The van der Waals surface area contributed by atoms with Crippen molar-refractivity contribution in [2.75, 3.05) is 19.0 Å². The first-order chi connectivity index (χ1) is 14.3. The molecule has 0 saturated heterocycles. The zero-order valence-corrected chi connectivity index (χ0v) is 15.9. The largest absolute Gasteiger partial charge is 0.468 e. The Kier molecular flexibility index (Phi) is 6.24. The van der Waals surface area contributed by atoms with Crippen molar-refractivity contribution in [2.45, 2.75) is 18.6 Å². The van der Waals surface area contributed by atoms with E-state index in [9.17, 15) is 22.8 Å². The minimum Gasteiger partial charge on any atom is -0.468 e. The molecule has 0 radical (unpaired) electrons. The molecule has 2 aromatic carbocycles. The van der Waals surface area contributed by atoms with Crippen LogP contribution in [0.2, 0.25) is 0 Å². The predicted molar refractivity (Wildman–Crippen MR) is 104 cm³/mol. The van der Waals surface area contributed by atoms with E-state index in [0.29, 0.717) is 11.5 Å². The molecule has 0 fully saturated rings. The van der Waals surface area contributed by atoms with Gasteiger partial charge in [-0.15, -0.1) is 0 Å². The van der Waals surface area contributed by atoms with Crippen molar-refractivity contribution < 1.29 is 27.5 Å². The quantitative estimate of drug-likeness (QED) is 0.509. The third-order valence-electron chi connectivity index (χ3n) is 4.36. The highest BCUT2D eigenvalue weighted by molar-refractivity contribution is 5.83. The van der Waals surface area contributed by atoms with Gasteiger partial charge in [0.25, 0.3) is 0 Å². The molecule has 0 saturated carbocycles. The monoisotopic (exact) mass is 420 g/mol. The number of rotatable bonds is 7. The predicted octanol–water partition coefficient (Wildman–Crippen LogP) is 3.41. The Morgan fingerprint density at radius 3 is 2.63 bits per heavy atom. The fourth-order valence-electron chi connectivity index (χ4n) is 2.87. The summed E-state index contributed by atoms with van der Waals surface area (Å²) in [6, 6.07) is 11.1. The number of fused-ring (bicyclic) bond motifs is 1. The third kappa shape index (κ3) is 5.28. The van der Waals surface area contributed by atoms with Crippen LogP contribution in [0.15, 0.2) is 48.5 Å². The fraction of sp³-hybridized carbons (Fsp3) is 0.250. The van der Waals surface area contributed by atoms with Crippen LogP contribution in [0, 0.1) is 0 Å². The maximum atomic E-state index is 13.1. The minimum absolute atomic E-state index is 0.227. The Balaban J connectivity index is 1.86. The lowest BCUT2D eigenvalue weighted by molar-refractivity contribution is -0.141. The molecular weight excluding hydrogens is 401 g/mol. The van der Waals surface area contributed by atoms with Crippen LogP contribution in [0.1, 0.15) is 23.6 Å².